The zero-order valence-electron chi connectivity index (χ0n) is 14.4. The van der Waals surface area contributed by atoms with E-state index in [0.717, 1.165) is 37.7 Å². The molecule has 1 atom stereocenters. The molecule has 0 bridgehead atoms. The number of amides is 2. The number of hydrogen-bond acceptors (Lipinski definition) is 3. The van der Waals surface area contributed by atoms with Crippen LogP contribution in [0.4, 0.5) is 0 Å². The Bertz CT molecular complexity index is 591. The highest BCUT2D eigenvalue weighted by Gasteiger charge is 2.28. The van der Waals surface area contributed by atoms with Crippen molar-refractivity contribution >= 4 is 23.4 Å². The Kier molecular flexibility index (Phi) is 6.32. The van der Waals surface area contributed by atoms with Crippen LogP contribution in [0.1, 0.15) is 37.7 Å². The second-order valence-corrected chi connectivity index (χ2v) is 7.23. The van der Waals surface area contributed by atoms with Gasteiger partial charge in [-0.05, 0) is 49.8 Å². The number of aryl methyl sites for hydroxylation is 1. The molecule has 2 saturated heterocycles. The molecule has 0 radical (unpaired) electrons. The maximum atomic E-state index is 12.4. The Hall–Kier alpha value is -1.59. The third kappa shape index (κ3) is 5.19. The number of carbonyl (C=O) groups excluding carboxylic acids is 2. The summed E-state index contributed by atoms with van der Waals surface area (Å²) in [7, 11) is 0. The lowest BCUT2D eigenvalue weighted by atomic mass is 10.0. The van der Waals surface area contributed by atoms with E-state index in [1.807, 2.05) is 29.2 Å². The molecule has 0 aromatic heterocycles. The third-order valence-electron chi connectivity index (χ3n) is 4.96. The monoisotopic (exact) mass is 364 g/mol. The number of nitrogens with one attached hydrogen (secondary N) is 1. The number of likely N-dealkylation sites (tertiary alicyclic amines) is 1. The first-order valence-corrected chi connectivity index (χ1v) is 9.44. The number of ether oxygens (including phenoxy) is 1. The molecule has 1 N–H and O–H groups in total. The summed E-state index contributed by atoms with van der Waals surface area (Å²) < 4.78 is 5.41. The van der Waals surface area contributed by atoms with Crippen LogP contribution in [0.5, 0.6) is 0 Å². The molecule has 6 heteroatoms. The van der Waals surface area contributed by atoms with Gasteiger partial charge in [0.15, 0.2) is 0 Å². The van der Waals surface area contributed by atoms with Crippen molar-refractivity contribution in [1.29, 1.82) is 0 Å². The molecule has 1 aromatic carbocycles. The van der Waals surface area contributed by atoms with Gasteiger partial charge in [-0.2, -0.15) is 0 Å². The molecule has 0 saturated carbocycles. The molecule has 3 rings (SSSR count). The molecular weight excluding hydrogens is 340 g/mol. The van der Waals surface area contributed by atoms with Gasteiger partial charge in [0, 0.05) is 37.2 Å². The lowest BCUT2D eigenvalue weighted by molar-refractivity contribution is -0.133. The molecule has 2 heterocycles. The minimum atomic E-state index is -0.279. The second kappa shape index (κ2) is 8.68. The van der Waals surface area contributed by atoms with Crippen molar-refractivity contribution in [2.45, 2.75) is 50.7 Å². The van der Waals surface area contributed by atoms with Gasteiger partial charge in [0.1, 0.15) is 6.10 Å². The Morgan fingerprint density at radius 2 is 1.88 bits per heavy atom. The lowest BCUT2D eigenvalue weighted by Crippen LogP contribution is -2.48. The zero-order chi connectivity index (χ0) is 17.6. The van der Waals surface area contributed by atoms with Gasteiger partial charge in [-0.3, -0.25) is 9.59 Å². The van der Waals surface area contributed by atoms with Gasteiger partial charge in [-0.1, -0.05) is 23.7 Å². The molecule has 2 aliphatic heterocycles. The van der Waals surface area contributed by atoms with Crippen molar-refractivity contribution in [3.05, 3.63) is 34.9 Å². The second-order valence-electron chi connectivity index (χ2n) is 6.79. The lowest BCUT2D eigenvalue weighted by Gasteiger charge is -2.33. The normalized spacial score (nSPS) is 21.3. The first-order valence-electron chi connectivity index (χ1n) is 9.06. The van der Waals surface area contributed by atoms with Gasteiger partial charge in [-0.25, -0.2) is 0 Å². The number of nitrogens with zero attached hydrogens (tertiary/aromatic N) is 1. The van der Waals surface area contributed by atoms with Gasteiger partial charge in [0.2, 0.25) is 11.8 Å². The fourth-order valence-corrected chi connectivity index (χ4v) is 3.54. The Balaban J connectivity index is 1.38. The van der Waals surface area contributed by atoms with Crippen LogP contribution in [0.15, 0.2) is 24.3 Å². The predicted molar refractivity (Wildman–Crippen MR) is 96.5 cm³/mol. The number of rotatable bonds is 5. The van der Waals surface area contributed by atoms with Crippen LogP contribution >= 0.6 is 11.6 Å². The summed E-state index contributed by atoms with van der Waals surface area (Å²) in [5, 5.41) is 3.78. The van der Waals surface area contributed by atoms with Crippen LogP contribution in [0.3, 0.4) is 0 Å². The maximum absolute atomic E-state index is 12.4. The molecule has 0 spiro atoms. The van der Waals surface area contributed by atoms with Gasteiger partial charge in [-0.15, -0.1) is 0 Å². The summed E-state index contributed by atoms with van der Waals surface area (Å²) in [4.78, 5) is 26.4. The molecule has 1 unspecified atom stereocenters. The molecule has 0 aliphatic carbocycles. The number of halogens is 1. The van der Waals surface area contributed by atoms with Gasteiger partial charge < -0.3 is 15.0 Å². The van der Waals surface area contributed by atoms with Crippen LogP contribution in [0.2, 0.25) is 5.02 Å². The molecule has 5 nitrogen and oxygen atoms in total. The van der Waals surface area contributed by atoms with Crippen LogP contribution in [0, 0.1) is 0 Å². The highest BCUT2D eigenvalue weighted by molar-refractivity contribution is 6.30. The minimum absolute atomic E-state index is 0.00464. The Morgan fingerprint density at radius 3 is 2.52 bits per heavy atom. The van der Waals surface area contributed by atoms with E-state index in [2.05, 4.69) is 5.32 Å². The summed E-state index contributed by atoms with van der Waals surface area (Å²) in [6.45, 7) is 2.09. The van der Waals surface area contributed by atoms with Crippen LogP contribution in [-0.4, -0.2) is 48.6 Å². The van der Waals surface area contributed by atoms with Crippen molar-refractivity contribution in [3.8, 4) is 0 Å². The molecule has 2 fully saturated rings. The molecule has 1 aromatic rings. The SMILES string of the molecule is O=C(NC1CCN(C(=O)CCc2ccc(Cl)cc2)CC1)C1CCCO1. The molecule has 136 valence electrons. The Morgan fingerprint density at radius 1 is 1.16 bits per heavy atom. The minimum Gasteiger partial charge on any atom is -0.368 e. The fourth-order valence-electron chi connectivity index (χ4n) is 3.41. The van der Waals surface area contributed by atoms with Gasteiger partial charge >= 0.3 is 0 Å². The first kappa shape index (κ1) is 18.2. The predicted octanol–water partition coefficient (Wildman–Crippen LogP) is 2.56. The van der Waals surface area contributed by atoms with E-state index in [0.29, 0.717) is 31.1 Å². The smallest absolute Gasteiger partial charge is 0.249 e. The van der Waals surface area contributed by atoms with E-state index in [4.69, 9.17) is 16.3 Å². The number of benzene rings is 1. The first-order chi connectivity index (χ1) is 12.1. The van der Waals surface area contributed by atoms with Crippen LogP contribution in [-0.2, 0) is 20.7 Å². The number of piperidine rings is 1. The van der Waals surface area contributed by atoms with Crippen molar-refractivity contribution in [1.82, 2.24) is 10.2 Å². The van der Waals surface area contributed by atoms with Crippen molar-refractivity contribution in [2.24, 2.45) is 0 Å². The van der Waals surface area contributed by atoms with Crippen molar-refractivity contribution < 1.29 is 14.3 Å². The zero-order valence-corrected chi connectivity index (χ0v) is 15.1. The number of hydrogen-bond donors (Lipinski definition) is 1. The van der Waals surface area contributed by atoms with Crippen molar-refractivity contribution in [3.63, 3.8) is 0 Å². The average Bonchev–Trinajstić information content (AvgIpc) is 3.16. The number of carbonyl (C=O) groups is 2. The summed E-state index contributed by atoms with van der Waals surface area (Å²) >= 11 is 5.87. The highest BCUT2D eigenvalue weighted by Crippen LogP contribution is 2.16. The van der Waals surface area contributed by atoms with E-state index in [1.54, 1.807) is 0 Å². The average molecular weight is 365 g/mol. The highest BCUT2D eigenvalue weighted by atomic mass is 35.5. The van der Waals surface area contributed by atoms with Gasteiger partial charge in [0.05, 0.1) is 0 Å². The van der Waals surface area contributed by atoms with Crippen molar-refractivity contribution in [2.75, 3.05) is 19.7 Å². The summed E-state index contributed by atoms with van der Waals surface area (Å²) in [6, 6.07) is 7.77. The standard InChI is InChI=1S/C19H25ClN2O3/c20-15-6-3-14(4-7-15)5-8-18(23)22-11-9-16(10-12-22)21-19(24)17-2-1-13-25-17/h3-4,6-7,16-17H,1-2,5,8-13H2,(H,21,24). The molecular formula is C19H25ClN2O3. The Labute approximate surface area is 153 Å². The molecule has 25 heavy (non-hydrogen) atoms. The quantitative estimate of drug-likeness (QED) is 0.873. The van der Waals surface area contributed by atoms with E-state index < -0.39 is 0 Å². The van der Waals surface area contributed by atoms with E-state index in [1.165, 1.54) is 0 Å². The summed E-state index contributed by atoms with van der Waals surface area (Å²) in [5.74, 6) is 0.184. The summed E-state index contributed by atoms with van der Waals surface area (Å²) in [5.41, 5.74) is 1.12. The van der Waals surface area contributed by atoms with E-state index >= 15 is 0 Å². The fraction of sp³-hybridized carbons (Fsp3) is 0.579. The maximum Gasteiger partial charge on any atom is 0.249 e. The molecule has 2 aliphatic rings. The largest absolute Gasteiger partial charge is 0.368 e. The van der Waals surface area contributed by atoms with E-state index in [-0.39, 0.29) is 24.0 Å². The summed E-state index contributed by atoms with van der Waals surface area (Å²) in [6.07, 6.45) is 4.35. The third-order valence-corrected chi connectivity index (χ3v) is 5.21. The molecule has 2 amide bonds. The van der Waals surface area contributed by atoms with Crippen LogP contribution < -0.4 is 5.32 Å². The van der Waals surface area contributed by atoms with E-state index in [9.17, 15) is 9.59 Å². The van der Waals surface area contributed by atoms with Gasteiger partial charge in [0.25, 0.3) is 0 Å². The topological polar surface area (TPSA) is 58.6 Å². The van der Waals surface area contributed by atoms with Crippen LogP contribution in [0.25, 0.3) is 0 Å².